The van der Waals surface area contributed by atoms with Crippen molar-refractivity contribution in [3.8, 4) is 5.75 Å². The van der Waals surface area contributed by atoms with Crippen molar-refractivity contribution < 1.29 is 19.5 Å². The summed E-state index contributed by atoms with van der Waals surface area (Å²) in [5, 5.41) is 12.4. The van der Waals surface area contributed by atoms with E-state index in [4.69, 9.17) is 0 Å². The summed E-state index contributed by atoms with van der Waals surface area (Å²) >= 11 is 0. The average molecular weight is 450 g/mol. The average Bonchev–Trinajstić information content (AvgIpc) is 3.00. The molecule has 2 heterocycles. The molecule has 33 heavy (non-hydrogen) atoms. The Kier molecular flexibility index (Phi) is 6.67. The van der Waals surface area contributed by atoms with Gasteiger partial charge >= 0.3 is 11.8 Å². The van der Waals surface area contributed by atoms with Crippen LogP contribution in [0.2, 0.25) is 0 Å². The van der Waals surface area contributed by atoms with E-state index in [2.05, 4.69) is 19.2 Å². The molecule has 2 aliphatic rings. The number of anilines is 1. The Morgan fingerprint density at radius 1 is 0.909 bits per heavy atom. The van der Waals surface area contributed by atoms with E-state index in [1.54, 1.807) is 36.4 Å². The Morgan fingerprint density at radius 3 is 2.30 bits per heavy atom. The number of nitrogens with zero attached hydrogens (tertiary/aromatic N) is 2. The summed E-state index contributed by atoms with van der Waals surface area (Å²) in [7, 11) is 0. The van der Waals surface area contributed by atoms with Gasteiger partial charge in [0.05, 0.1) is 11.3 Å². The molecular formula is C26H31N3O4. The first kappa shape index (κ1) is 22.8. The lowest BCUT2D eigenvalue weighted by atomic mass is 9.91. The number of amides is 3. The second kappa shape index (κ2) is 9.65. The number of benzene rings is 2. The van der Waals surface area contributed by atoms with Gasteiger partial charge in [0.15, 0.2) is 0 Å². The van der Waals surface area contributed by atoms with Crippen LogP contribution in [0.15, 0.2) is 42.5 Å². The molecule has 174 valence electrons. The second-order valence-corrected chi connectivity index (χ2v) is 9.40. The minimum absolute atomic E-state index is 0.123. The summed E-state index contributed by atoms with van der Waals surface area (Å²) in [5.74, 6) is -0.434. The van der Waals surface area contributed by atoms with Crippen molar-refractivity contribution in [2.24, 2.45) is 11.8 Å². The number of nitrogens with one attached hydrogen (secondary N) is 1. The number of aromatic hydroxyl groups is 1. The lowest BCUT2D eigenvalue weighted by molar-refractivity contribution is -0.143. The number of carbonyl (C=O) groups is 3. The summed E-state index contributed by atoms with van der Waals surface area (Å²) < 4.78 is 0. The number of piperidine rings is 1. The molecule has 7 heteroatoms. The van der Waals surface area contributed by atoms with E-state index >= 15 is 0 Å². The summed E-state index contributed by atoms with van der Waals surface area (Å²) in [6, 6.07) is 12.1. The zero-order valence-corrected chi connectivity index (χ0v) is 19.2. The number of para-hydroxylation sites is 1. The highest BCUT2D eigenvalue weighted by Crippen LogP contribution is 2.25. The van der Waals surface area contributed by atoms with Crippen LogP contribution in [-0.4, -0.2) is 58.8 Å². The second-order valence-electron chi connectivity index (χ2n) is 9.40. The molecule has 2 atom stereocenters. The summed E-state index contributed by atoms with van der Waals surface area (Å²) in [6.07, 6.45) is 2.29. The third kappa shape index (κ3) is 5.18. The Balaban J connectivity index is 1.44. The van der Waals surface area contributed by atoms with Crippen LogP contribution in [0.25, 0.3) is 0 Å². The maximum atomic E-state index is 13.2. The molecule has 2 aliphatic heterocycles. The molecule has 4 rings (SSSR count). The maximum Gasteiger partial charge on any atom is 0.313 e. The summed E-state index contributed by atoms with van der Waals surface area (Å²) in [6.45, 7) is 6.48. The van der Waals surface area contributed by atoms with Crippen LogP contribution in [0.3, 0.4) is 0 Å². The largest absolute Gasteiger partial charge is 0.508 e. The van der Waals surface area contributed by atoms with Crippen molar-refractivity contribution in [3.63, 3.8) is 0 Å². The van der Waals surface area contributed by atoms with E-state index in [0.29, 0.717) is 62.1 Å². The molecule has 1 fully saturated rings. The van der Waals surface area contributed by atoms with Crippen molar-refractivity contribution in [1.29, 1.82) is 0 Å². The first-order valence-corrected chi connectivity index (χ1v) is 11.6. The first-order valence-electron chi connectivity index (χ1n) is 11.6. The molecule has 2 aromatic rings. The van der Waals surface area contributed by atoms with Gasteiger partial charge in [-0.15, -0.1) is 0 Å². The van der Waals surface area contributed by atoms with Gasteiger partial charge in [0.1, 0.15) is 5.75 Å². The molecular weight excluding hydrogens is 418 g/mol. The van der Waals surface area contributed by atoms with E-state index in [0.717, 1.165) is 17.5 Å². The fraction of sp³-hybridized carbons (Fsp3) is 0.423. The number of phenols is 1. The molecule has 7 nitrogen and oxygen atoms in total. The van der Waals surface area contributed by atoms with Crippen LogP contribution < -0.4 is 5.32 Å². The van der Waals surface area contributed by atoms with Gasteiger partial charge < -0.3 is 20.2 Å². The molecule has 3 amide bonds. The van der Waals surface area contributed by atoms with Crippen LogP contribution in [0.5, 0.6) is 5.75 Å². The smallest absolute Gasteiger partial charge is 0.313 e. The summed E-state index contributed by atoms with van der Waals surface area (Å²) in [4.78, 5) is 42.3. The van der Waals surface area contributed by atoms with Crippen LogP contribution in [0.4, 0.5) is 5.69 Å². The van der Waals surface area contributed by atoms with Crippen LogP contribution in [-0.2, 0) is 22.4 Å². The maximum absolute atomic E-state index is 13.2. The van der Waals surface area contributed by atoms with Crippen molar-refractivity contribution in [2.45, 2.75) is 33.1 Å². The monoisotopic (exact) mass is 449 g/mol. The van der Waals surface area contributed by atoms with Gasteiger partial charge in [0, 0.05) is 26.2 Å². The predicted octanol–water partition coefficient (Wildman–Crippen LogP) is 3.08. The van der Waals surface area contributed by atoms with E-state index in [-0.39, 0.29) is 11.7 Å². The summed E-state index contributed by atoms with van der Waals surface area (Å²) in [5.41, 5.74) is 2.82. The zero-order valence-electron chi connectivity index (χ0n) is 19.2. The third-order valence-electron chi connectivity index (χ3n) is 6.54. The van der Waals surface area contributed by atoms with Gasteiger partial charge in [0.25, 0.3) is 5.91 Å². The van der Waals surface area contributed by atoms with Crippen molar-refractivity contribution >= 4 is 23.4 Å². The Labute approximate surface area is 194 Å². The van der Waals surface area contributed by atoms with E-state index in [9.17, 15) is 19.5 Å². The minimum atomic E-state index is -0.746. The number of carbonyl (C=O) groups excluding carboxylic acids is 3. The molecule has 0 aliphatic carbocycles. The molecule has 2 N–H and O–H groups in total. The van der Waals surface area contributed by atoms with Crippen LogP contribution in [0.1, 0.15) is 41.8 Å². The molecule has 0 aromatic heterocycles. The normalized spacial score (nSPS) is 20.5. The number of rotatable bonds is 2. The topological polar surface area (TPSA) is 90.0 Å². The highest BCUT2D eigenvalue weighted by molar-refractivity contribution is 6.39. The fourth-order valence-corrected chi connectivity index (χ4v) is 5.01. The first-order chi connectivity index (χ1) is 15.8. The molecule has 0 saturated carbocycles. The zero-order chi connectivity index (χ0) is 23.5. The number of likely N-dealkylation sites (tertiary alicyclic amines) is 1. The van der Waals surface area contributed by atoms with E-state index < -0.39 is 11.8 Å². The van der Waals surface area contributed by atoms with Gasteiger partial charge in [-0.2, -0.15) is 0 Å². The van der Waals surface area contributed by atoms with Crippen molar-refractivity contribution in [3.05, 3.63) is 59.2 Å². The molecule has 0 spiro atoms. The van der Waals surface area contributed by atoms with Crippen molar-refractivity contribution in [2.75, 3.05) is 31.5 Å². The minimum Gasteiger partial charge on any atom is -0.508 e. The molecule has 0 radical (unpaired) electrons. The lowest BCUT2D eigenvalue weighted by Gasteiger charge is -2.35. The fourth-order valence-electron chi connectivity index (χ4n) is 5.01. The Morgan fingerprint density at radius 2 is 1.58 bits per heavy atom. The van der Waals surface area contributed by atoms with Gasteiger partial charge in [0.2, 0.25) is 0 Å². The highest BCUT2D eigenvalue weighted by Gasteiger charge is 2.29. The van der Waals surface area contributed by atoms with Crippen molar-refractivity contribution in [1.82, 2.24) is 9.80 Å². The standard InChI is InChI=1S/C26H31N3O4/c1-17-13-18(2)16-29(15-17)25(32)22-5-3-4-6-23(22)27-24(31)26(33)28-11-9-19-7-8-21(30)14-20(19)10-12-28/h3-8,14,17-18,30H,9-13,15-16H2,1-2H3,(H,27,31). The SMILES string of the molecule is CC1CC(C)CN(C(=O)c2ccccc2NC(=O)C(=O)N2CCc3ccc(O)cc3CC2)C1. The van der Waals surface area contributed by atoms with Gasteiger partial charge in [-0.25, -0.2) is 0 Å². The molecule has 2 aromatic carbocycles. The number of hydrogen-bond acceptors (Lipinski definition) is 4. The predicted molar refractivity (Wildman–Crippen MR) is 126 cm³/mol. The van der Waals surface area contributed by atoms with E-state index in [1.165, 1.54) is 4.90 Å². The molecule has 0 bridgehead atoms. The Hall–Kier alpha value is -3.35. The van der Waals surface area contributed by atoms with E-state index in [1.807, 2.05) is 11.0 Å². The quantitative estimate of drug-likeness (QED) is 0.690. The van der Waals surface area contributed by atoms with Gasteiger partial charge in [-0.1, -0.05) is 32.0 Å². The number of fused-ring (bicyclic) bond motifs is 1. The molecule has 2 unspecified atom stereocenters. The highest BCUT2D eigenvalue weighted by atomic mass is 16.3. The molecule has 1 saturated heterocycles. The van der Waals surface area contributed by atoms with Crippen LogP contribution >= 0.6 is 0 Å². The lowest BCUT2D eigenvalue weighted by Crippen LogP contribution is -2.43. The number of hydrogen-bond donors (Lipinski definition) is 2. The van der Waals surface area contributed by atoms with Gasteiger partial charge in [-0.05, 0) is 66.5 Å². The Bertz CT molecular complexity index is 1060. The number of phenolic OH excluding ortho intramolecular Hbond substituents is 1. The van der Waals surface area contributed by atoms with Crippen LogP contribution in [0, 0.1) is 11.8 Å². The van der Waals surface area contributed by atoms with Gasteiger partial charge in [-0.3, -0.25) is 14.4 Å². The third-order valence-corrected chi connectivity index (χ3v) is 6.54.